The topological polar surface area (TPSA) is 66.9 Å². The van der Waals surface area contributed by atoms with Crippen LogP contribution in [0.25, 0.3) is 10.9 Å². The summed E-state index contributed by atoms with van der Waals surface area (Å²) < 4.78 is 1.03. The summed E-state index contributed by atoms with van der Waals surface area (Å²) in [5.74, 6) is 0.682. The minimum atomic E-state index is -0.393. The molecule has 0 radical (unpaired) electrons. The van der Waals surface area contributed by atoms with Gasteiger partial charge >= 0.3 is 6.03 Å². The van der Waals surface area contributed by atoms with Crippen LogP contribution in [-0.4, -0.2) is 22.4 Å². The molecule has 5 nitrogen and oxygen atoms in total. The molecule has 1 heterocycles. The van der Waals surface area contributed by atoms with E-state index in [1.54, 1.807) is 18.2 Å². The zero-order valence-electron chi connectivity index (χ0n) is 12.0. The molecule has 1 amide bonds. The summed E-state index contributed by atoms with van der Waals surface area (Å²) in [4.78, 5) is 24.0. The standard InChI is InChI=1S/C15H21N3O2/c1-11(2)7-5-6-10-16-15(20)18-14(19)12-8-3-4-9-13(12)17-18/h3-4,8-9,11,17H,5-7,10H2,1-2H3,(H,16,20). The average molecular weight is 275 g/mol. The Kier molecular flexibility index (Phi) is 4.61. The van der Waals surface area contributed by atoms with Crippen LogP contribution in [0.2, 0.25) is 0 Å². The van der Waals surface area contributed by atoms with Crippen molar-refractivity contribution in [2.75, 3.05) is 6.54 Å². The van der Waals surface area contributed by atoms with E-state index in [-0.39, 0.29) is 5.56 Å². The highest BCUT2D eigenvalue weighted by molar-refractivity contribution is 5.84. The first-order chi connectivity index (χ1) is 9.59. The summed E-state index contributed by atoms with van der Waals surface area (Å²) >= 11 is 0. The molecule has 1 aromatic heterocycles. The van der Waals surface area contributed by atoms with E-state index in [4.69, 9.17) is 0 Å². The zero-order valence-corrected chi connectivity index (χ0v) is 12.0. The van der Waals surface area contributed by atoms with E-state index in [0.717, 1.165) is 23.9 Å². The molecule has 0 bridgehead atoms. The number of unbranched alkanes of at least 4 members (excludes halogenated alkanes) is 1. The molecule has 0 fully saturated rings. The number of benzene rings is 1. The summed E-state index contributed by atoms with van der Waals surface area (Å²) in [5.41, 5.74) is 0.368. The van der Waals surface area contributed by atoms with E-state index < -0.39 is 6.03 Å². The average Bonchev–Trinajstić information content (AvgIpc) is 2.76. The normalized spacial score (nSPS) is 11.2. The molecule has 0 aliphatic carbocycles. The van der Waals surface area contributed by atoms with Crippen molar-refractivity contribution in [1.82, 2.24) is 15.1 Å². The molecule has 0 aliphatic rings. The van der Waals surface area contributed by atoms with Crippen molar-refractivity contribution in [3.8, 4) is 0 Å². The molecular weight excluding hydrogens is 254 g/mol. The number of H-pyrrole nitrogens is 1. The van der Waals surface area contributed by atoms with E-state index in [1.165, 1.54) is 0 Å². The number of carbonyl (C=O) groups excluding carboxylic acids is 1. The SMILES string of the molecule is CC(C)CCCCNC(=O)n1[nH]c2ccccc2c1=O. The van der Waals surface area contributed by atoms with Crippen molar-refractivity contribution < 1.29 is 4.79 Å². The summed E-state index contributed by atoms with van der Waals surface area (Å²) in [7, 11) is 0. The quantitative estimate of drug-likeness (QED) is 0.824. The molecule has 2 aromatic rings. The second-order valence-corrected chi connectivity index (χ2v) is 5.42. The van der Waals surface area contributed by atoms with Crippen LogP contribution in [0.3, 0.4) is 0 Å². The largest absolute Gasteiger partial charge is 0.343 e. The number of para-hydroxylation sites is 1. The summed E-state index contributed by atoms with van der Waals surface area (Å²) in [5, 5.41) is 6.11. The lowest BCUT2D eigenvalue weighted by Crippen LogP contribution is -2.35. The van der Waals surface area contributed by atoms with E-state index in [0.29, 0.717) is 23.4 Å². The fraction of sp³-hybridized carbons (Fsp3) is 0.467. The first-order valence-electron chi connectivity index (χ1n) is 7.07. The molecule has 2 N–H and O–H groups in total. The van der Waals surface area contributed by atoms with Crippen molar-refractivity contribution in [2.45, 2.75) is 33.1 Å². The number of aromatic nitrogens is 2. The number of hydrogen-bond acceptors (Lipinski definition) is 2. The Labute approximate surface area is 118 Å². The van der Waals surface area contributed by atoms with Crippen LogP contribution in [0.4, 0.5) is 4.79 Å². The number of fused-ring (bicyclic) bond motifs is 1. The van der Waals surface area contributed by atoms with Crippen LogP contribution in [0.1, 0.15) is 33.1 Å². The molecule has 0 saturated carbocycles. The lowest BCUT2D eigenvalue weighted by Gasteiger charge is -2.06. The van der Waals surface area contributed by atoms with E-state index >= 15 is 0 Å². The Balaban J connectivity index is 1.95. The molecule has 0 spiro atoms. The van der Waals surface area contributed by atoms with Crippen molar-refractivity contribution in [2.24, 2.45) is 5.92 Å². The molecule has 2 rings (SSSR count). The number of aromatic amines is 1. The van der Waals surface area contributed by atoms with Crippen LogP contribution in [0, 0.1) is 5.92 Å². The summed E-state index contributed by atoms with van der Waals surface area (Å²) in [6, 6.07) is 6.71. The highest BCUT2D eigenvalue weighted by atomic mass is 16.2. The minimum Gasteiger partial charge on any atom is -0.336 e. The van der Waals surface area contributed by atoms with E-state index in [2.05, 4.69) is 24.3 Å². The Bertz CT molecular complexity index is 640. The van der Waals surface area contributed by atoms with Crippen molar-refractivity contribution in [3.05, 3.63) is 34.6 Å². The number of rotatable bonds is 5. The summed E-state index contributed by atoms with van der Waals surface area (Å²) in [6.45, 7) is 4.96. The van der Waals surface area contributed by atoms with Crippen LogP contribution in [0.15, 0.2) is 29.1 Å². The Morgan fingerprint density at radius 1 is 1.30 bits per heavy atom. The molecule has 5 heteroatoms. The maximum atomic E-state index is 12.0. The molecule has 0 unspecified atom stereocenters. The van der Waals surface area contributed by atoms with Gasteiger partial charge in [0.15, 0.2) is 0 Å². The number of nitrogens with one attached hydrogen (secondary N) is 2. The monoisotopic (exact) mass is 275 g/mol. The van der Waals surface area contributed by atoms with Gasteiger partial charge in [-0.05, 0) is 24.5 Å². The molecular formula is C15H21N3O2. The van der Waals surface area contributed by atoms with Crippen molar-refractivity contribution in [3.63, 3.8) is 0 Å². The molecule has 108 valence electrons. The Hall–Kier alpha value is -2.04. The van der Waals surface area contributed by atoms with Crippen LogP contribution in [0.5, 0.6) is 0 Å². The van der Waals surface area contributed by atoms with Gasteiger partial charge in [0.05, 0.1) is 10.9 Å². The summed E-state index contributed by atoms with van der Waals surface area (Å²) in [6.07, 6.45) is 3.17. The van der Waals surface area contributed by atoms with Crippen molar-refractivity contribution >= 4 is 16.9 Å². The number of nitrogens with zero attached hydrogens (tertiary/aromatic N) is 1. The van der Waals surface area contributed by atoms with Gasteiger partial charge in [-0.25, -0.2) is 4.79 Å². The van der Waals surface area contributed by atoms with Gasteiger partial charge in [-0.3, -0.25) is 9.89 Å². The third-order valence-electron chi connectivity index (χ3n) is 3.28. The molecule has 0 saturated heterocycles. The smallest absolute Gasteiger partial charge is 0.336 e. The van der Waals surface area contributed by atoms with Gasteiger partial charge in [0.2, 0.25) is 0 Å². The third kappa shape index (κ3) is 3.29. The molecule has 1 aromatic carbocycles. The van der Waals surface area contributed by atoms with Gasteiger partial charge in [-0.15, -0.1) is 0 Å². The Morgan fingerprint density at radius 2 is 2.05 bits per heavy atom. The highest BCUT2D eigenvalue weighted by Crippen LogP contribution is 2.06. The highest BCUT2D eigenvalue weighted by Gasteiger charge is 2.11. The van der Waals surface area contributed by atoms with Gasteiger partial charge in [0, 0.05) is 6.54 Å². The fourth-order valence-corrected chi connectivity index (χ4v) is 2.15. The number of amides is 1. The fourth-order valence-electron chi connectivity index (χ4n) is 2.15. The minimum absolute atomic E-state index is 0.305. The third-order valence-corrected chi connectivity index (χ3v) is 3.28. The lowest BCUT2D eigenvalue weighted by molar-refractivity contribution is 0.238. The number of hydrogen-bond donors (Lipinski definition) is 2. The van der Waals surface area contributed by atoms with Gasteiger partial charge in [-0.2, -0.15) is 4.68 Å². The number of carbonyl (C=O) groups is 1. The maximum Gasteiger partial charge on any atom is 0.343 e. The first kappa shape index (κ1) is 14.4. The van der Waals surface area contributed by atoms with Gasteiger partial charge < -0.3 is 5.32 Å². The molecule has 0 aliphatic heterocycles. The van der Waals surface area contributed by atoms with Gasteiger partial charge in [0.25, 0.3) is 5.56 Å². The van der Waals surface area contributed by atoms with E-state index in [1.807, 2.05) is 6.07 Å². The van der Waals surface area contributed by atoms with Crippen molar-refractivity contribution in [1.29, 1.82) is 0 Å². The van der Waals surface area contributed by atoms with Gasteiger partial charge in [0.1, 0.15) is 0 Å². The predicted molar refractivity (Wildman–Crippen MR) is 80.0 cm³/mol. The van der Waals surface area contributed by atoms with Crippen LogP contribution in [-0.2, 0) is 0 Å². The zero-order chi connectivity index (χ0) is 14.5. The molecule has 0 atom stereocenters. The second kappa shape index (κ2) is 6.41. The van der Waals surface area contributed by atoms with Crippen LogP contribution < -0.4 is 10.9 Å². The van der Waals surface area contributed by atoms with Crippen LogP contribution >= 0.6 is 0 Å². The molecule has 20 heavy (non-hydrogen) atoms. The second-order valence-electron chi connectivity index (χ2n) is 5.42. The predicted octanol–water partition coefficient (Wildman–Crippen LogP) is 2.71. The Morgan fingerprint density at radius 3 is 2.75 bits per heavy atom. The maximum absolute atomic E-state index is 12.0. The van der Waals surface area contributed by atoms with Gasteiger partial charge in [-0.1, -0.05) is 38.8 Å². The van der Waals surface area contributed by atoms with E-state index in [9.17, 15) is 9.59 Å². The lowest BCUT2D eigenvalue weighted by atomic mass is 10.1. The first-order valence-corrected chi connectivity index (χ1v) is 7.07.